The molecule has 0 radical (unpaired) electrons. The molecule has 0 saturated carbocycles. The molecular formula is C36H28N2O5. The van der Waals surface area contributed by atoms with Gasteiger partial charge in [0.25, 0.3) is 0 Å². The van der Waals surface area contributed by atoms with Gasteiger partial charge in [0.2, 0.25) is 17.7 Å². The van der Waals surface area contributed by atoms with Crippen LogP contribution in [0, 0.1) is 17.8 Å². The molecule has 7 nitrogen and oxygen atoms in total. The summed E-state index contributed by atoms with van der Waals surface area (Å²) in [6.07, 6.45) is 0.108. The average molecular weight is 569 g/mol. The molecule has 2 bridgehead atoms. The second-order valence-electron chi connectivity index (χ2n) is 11.9. The molecule has 0 aromatic heterocycles. The van der Waals surface area contributed by atoms with Gasteiger partial charge in [0.15, 0.2) is 0 Å². The molecule has 4 aromatic rings. The van der Waals surface area contributed by atoms with Crippen LogP contribution < -0.4 is 9.64 Å². The number of rotatable bonds is 5. The number of amides is 3. The zero-order chi connectivity index (χ0) is 29.2. The topological polar surface area (TPSA) is 84.0 Å². The van der Waals surface area contributed by atoms with Crippen molar-refractivity contribution in [1.29, 1.82) is 0 Å². The molecule has 212 valence electrons. The van der Waals surface area contributed by atoms with Crippen molar-refractivity contribution in [3.05, 3.63) is 131 Å². The van der Waals surface area contributed by atoms with Gasteiger partial charge in [0.1, 0.15) is 5.75 Å². The molecular weight excluding hydrogens is 540 g/mol. The molecule has 43 heavy (non-hydrogen) atoms. The van der Waals surface area contributed by atoms with Crippen molar-refractivity contribution in [2.24, 2.45) is 17.8 Å². The molecule has 0 N–H and O–H groups in total. The van der Waals surface area contributed by atoms with E-state index in [0.717, 1.165) is 27.8 Å². The Hall–Kier alpha value is -5.04. The van der Waals surface area contributed by atoms with Crippen molar-refractivity contribution in [1.82, 2.24) is 4.90 Å². The van der Waals surface area contributed by atoms with E-state index in [0.29, 0.717) is 24.5 Å². The number of likely N-dealkylation sites (tertiary alicyclic amines) is 1. The Bertz CT molecular complexity index is 1680. The number of anilines is 1. The standard InChI is InChI=1S/C36H28N2O5/c39-29-18-22(20-37(29)19-21-8-2-1-3-9-21)36(42)43-24-16-14-23(15-17-24)38-34(40)32-30-25-10-4-5-11-26(25)31(33(32)35(38)41)28-13-7-6-12-27(28)30/h1-17,22,30-33H,18-20H2/t22-,30?,31?,32-,33+/m1/s1. The van der Waals surface area contributed by atoms with Crippen LogP contribution >= 0.6 is 0 Å². The largest absolute Gasteiger partial charge is 0.426 e. The maximum absolute atomic E-state index is 14.0. The first-order valence-electron chi connectivity index (χ1n) is 14.7. The molecule has 9 rings (SSSR count). The first-order chi connectivity index (χ1) is 21.0. The predicted molar refractivity (Wildman–Crippen MR) is 158 cm³/mol. The van der Waals surface area contributed by atoms with Crippen molar-refractivity contribution in [2.45, 2.75) is 24.8 Å². The monoisotopic (exact) mass is 568 g/mol. The zero-order valence-corrected chi connectivity index (χ0v) is 23.3. The minimum absolute atomic E-state index is 0.0769. The van der Waals surface area contributed by atoms with Gasteiger partial charge in [0.05, 0.1) is 23.4 Å². The van der Waals surface area contributed by atoms with Crippen LogP contribution in [0.25, 0.3) is 0 Å². The summed E-state index contributed by atoms with van der Waals surface area (Å²) in [4.78, 5) is 56.4. The maximum atomic E-state index is 14.0. The Morgan fingerprint density at radius 1 is 0.674 bits per heavy atom. The summed E-state index contributed by atoms with van der Waals surface area (Å²) in [5, 5.41) is 0. The van der Waals surface area contributed by atoms with E-state index in [2.05, 4.69) is 24.3 Å². The van der Waals surface area contributed by atoms with Crippen LogP contribution in [0.5, 0.6) is 5.75 Å². The van der Waals surface area contributed by atoms with Crippen molar-refractivity contribution >= 4 is 29.4 Å². The number of benzene rings is 4. The molecule has 0 spiro atoms. The predicted octanol–water partition coefficient (Wildman–Crippen LogP) is 5.04. The fraction of sp³-hybridized carbons (Fsp3) is 0.222. The lowest BCUT2D eigenvalue weighted by molar-refractivity contribution is -0.139. The SMILES string of the molecule is O=C(Oc1ccc(N2C(=O)[C@@H]3C4c5ccccc5C(c5ccccc54)[C@@H]3C2=O)cc1)[C@@H]1CC(=O)N(Cc2ccccc2)C1. The summed E-state index contributed by atoms with van der Waals surface area (Å²) in [6.45, 7) is 0.757. The smallest absolute Gasteiger partial charge is 0.316 e. The number of hydrogen-bond donors (Lipinski definition) is 0. The summed E-state index contributed by atoms with van der Waals surface area (Å²) in [5.74, 6) is -2.44. The Morgan fingerprint density at radius 3 is 1.72 bits per heavy atom. The van der Waals surface area contributed by atoms with E-state index < -0.39 is 23.7 Å². The molecule has 0 unspecified atom stereocenters. The highest BCUT2D eigenvalue weighted by Gasteiger charge is 2.61. The molecule has 5 aliphatic rings. The third-order valence-electron chi connectivity index (χ3n) is 9.53. The van der Waals surface area contributed by atoms with E-state index in [1.54, 1.807) is 29.2 Å². The molecule has 2 fully saturated rings. The Balaban J connectivity index is 1.00. The van der Waals surface area contributed by atoms with Crippen molar-refractivity contribution in [3.8, 4) is 5.75 Å². The van der Waals surface area contributed by atoms with Gasteiger partial charge in [-0.1, -0.05) is 78.9 Å². The van der Waals surface area contributed by atoms with Gasteiger partial charge < -0.3 is 9.64 Å². The Morgan fingerprint density at radius 2 is 1.19 bits per heavy atom. The summed E-state index contributed by atoms with van der Waals surface area (Å²) >= 11 is 0. The van der Waals surface area contributed by atoms with Crippen molar-refractivity contribution in [3.63, 3.8) is 0 Å². The Labute approximate surface area is 248 Å². The van der Waals surface area contributed by atoms with Crippen molar-refractivity contribution < 1.29 is 23.9 Å². The van der Waals surface area contributed by atoms with E-state index in [9.17, 15) is 19.2 Å². The van der Waals surface area contributed by atoms with Crippen LogP contribution in [-0.2, 0) is 25.7 Å². The van der Waals surface area contributed by atoms with Crippen LogP contribution in [-0.4, -0.2) is 35.1 Å². The maximum Gasteiger partial charge on any atom is 0.316 e. The van der Waals surface area contributed by atoms with Crippen LogP contribution in [0.4, 0.5) is 5.69 Å². The number of ether oxygens (including phenoxy) is 1. The highest BCUT2D eigenvalue weighted by atomic mass is 16.5. The molecule has 4 aromatic carbocycles. The van der Waals surface area contributed by atoms with E-state index in [-0.39, 0.29) is 36.0 Å². The fourth-order valence-corrected chi connectivity index (χ4v) is 7.68. The molecule has 3 atom stereocenters. The highest BCUT2D eigenvalue weighted by Crippen LogP contribution is 2.61. The van der Waals surface area contributed by atoms with Gasteiger partial charge in [-0.05, 0) is 52.1 Å². The quantitative estimate of drug-likeness (QED) is 0.191. The van der Waals surface area contributed by atoms with Gasteiger partial charge in [-0.25, -0.2) is 4.90 Å². The van der Waals surface area contributed by atoms with Crippen LogP contribution in [0.1, 0.15) is 46.1 Å². The van der Waals surface area contributed by atoms with Crippen LogP contribution in [0.3, 0.4) is 0 Å². The second kappa shape index (κ2) is 9.76. The van der Waals surface area contributed by atoms with E-state index in [4.69, 9.17) is 4.74 Å². The number of hydrogen-bond acceptors (Lipinski definition) is 5. The number of carbonyl (C=O) groups is 4. The van der Waals surface area contributed by atoms with E-state index in [1.165, 1.54) is 4.90 Å². The first kappa shape index (κ1) is 25.7. The minimum atomic E-state index is -0.556. The van der Waals surface area contributed by atoms with Gasteiger partial charge in [0, 0.05) is 31.3 Å². The summed E-state index contributed by atoms with van der Waals surface area (Å²) in [6, 6.07) is 32.5. The third-order valence-corrected chi connectivity index (χ3v) is 9.53. The normalized spacial score (nSPS) is 25.0. The number of esters is 1. The highest BCUT2D eigenvalue weighted by molar-refractivity contribution is 6.23. The lowest BCUT2D eigenvalue weighted by Crippen LogP contribution is -2.41. The third kappa shape index (κ3) is 3.95. The van der Waals surface area contributed by atoms with Gasteiger partial charge >= 0.3 is 5.97 Å². The number of nitrogens with zero attached hydrogens (tertiary/aromatic N) is 2. The van der Waals surface area contributed by atoms with Crippen molar-refractivity contribution in [2.75, 3.05) is 11.4 Å². The number of imide groups is 1. The summed E-state index contributed by atoms with van der Waals surface area (Å²) in [7, 11) is 0. The van der Waals surface area contributed by atoms with Gasteiger partial charge in [-0.15, -0.1) is 0 Å². The molecule has 2 aliphatic heterocycles. The Kier molecular flexibility index (Phi) is 5.83. The average Bonchev–Trinajstić information content (AvgIpc) is 3.54. The molecule has 3 aliphatic carbocycles. The first-order valence-corrected chi connectivity index (χ1v) is 14.7. The number of carbonyl (C=O) groups excluding carboxylic acids is 4. The molecule has 2 saturated heterocycles. The van der Waals surface area contributed by atoms with E-state index in [1.807, 2.05) is 54.6 Å². The zero-order valence-electron chi connectivity index (χ0n) is 23.3. The molecule has 7 heteroatoms. The molecule has 2 heterocycles. The van der Waals surface area contributed by atoms with Crippen LogP contribution in [0.15, 0.2) is 103 Å². The summed E-state index contributed by atoms with van der Waals surface area (Å²) < 4.78 is 5.63. The van der Waals surface area contributed by atoms with Gasteiger partial charge in [-0.3, -0.25) is 19.2 Å². The molecule has 3 amide bonds. The lowest BCUT2D eigenvalue weighted by Gasteiger charge is -2.45. The van der Waals surface area contributed by atoms with Gasteiger partial charge in [-0.2, -0.15) is 0 Å². The fourth-order valence-electron chi connectivity index (χ4n) is 7.68. The lowest BCUT2D eigenvalue weighted by atomic mass is 9.55. The minimum Gasteiger partial charge on any atom is -0.426 e. The second-order valence-corrected chi connectivity index (χ2v) is 11.9. The van der Waals surface area contributed by atoms with Crippen LogP contribution in [0.2, 0.25) is 0 Å². The summed E-state index contributed by atoms with van der Waals surface area (Å²) in [5.41, 5.74) is 5.99. The van der Waals surface area contributed by atoms with E-state index >= 15 is 0 Å².